The topological polar surface area (TPSA) is 82.6 Å². The van der Waals surface area contributed by atoms with Gasteiger partial charge >= 0.3 is 0 Å². The number of fused-ring (bicyclic) bond motifs is 1. The molecule has 1 amide bonds. The predicted molar refractivity (Wildman–Crippen MR) is 149 cm³/mol. The number of amides is 1. The fourth-order valence-electron chi connectivity index (χ4n) is 5.19. The lowest BCUT2D eigenvalue weighted by molar-refractivity contribution is -0.139. The first-order valence-electron chi connectivity index (χ1n) is 13.1. The molecule has 4 aromatic rings. The average Bonchev–Trinajstić information content (AvgIpc) is 3.48. The molecule has 1 saturated heterocycles. The van der Waals surface area contributed by atoms with E-state index in [-0.39, 0.29) is 11.3 Å². The van der Waals surface area contributed by atoms with Gasteiger partial charge in [-0.2, -0.15) is 0 Å². The Labute approximate surface area is 222 Å². The summed E-state index contributed by atoms with van der Waals surface area (Å²) in [5.74, 6) is -0.808. The molecule has 5 rings (SSSR count). The molecule has 0 saturated carbocycles. The zero-order valence-electron chi connectivity index (χ0n) is 21.7. The summed E-state index contributed by atoms with van der Waals surface area (Å²) in [4.78, 5) is 31.6. The van der Waals surface area contributed by atoms with Gasteiger partial charge in [-0.15, -0.1) is 0 Å². The molecule has 38 heavy (non-hydrogen) atoms. The van der Waals surface area contributed by atoms with Crippen LogP contribution in [0.2, 0.25) is 0 Å². The molecule has 194 valence electrons. The minimum Gasteiger partial charge on any atom is -0.507 e. The summed E-state index contributed by atoms with van der Waals surface area (Å²) in [5, 5.41) is 12.4. The number of rotatable bonds is 9. The largest absolute Gasteiger partial charge is 0.507 e. The van der Waals surface area contributed by atoms with Crippen LogP contribution in [-0.4, -0.2) is 40.3 Å². The lowest BCUT2D eigenvalue weighted by atomic mass is 9.94. The first-order valence-corrected chi connectivity index (χ1v) is 13.1. The van der Waals surface area contributed by atoms with Crippen LogP contribution in [0.5, 0.6) is 5.75 Å². The van der Waals surface area contributed by atoms with Crippen molar-refractivity contribution in [3.05, 3.63) is 107 Å². The molecule has 0 bridgehead atoms. The maximum absolute atomic E-state index is 13.4. The van der Waals surface area contributed by atoms with Crippen LogP contribution in [0, 0.1) is 0 Å². The molecule has 0 spiro atoms. The van der Waals surface area contributed by atoms with Crippen molar-refractivity contribution in [2.45, 2.75) is 38.6 Å². The highest BCUT2D eigenvalue weighted by atomic mass is 16.5. The number of hydrogen-bond acceptors (Lipinski definition) is 4. The van der Waals surface area contributed by atoms with Crippen LogP contribution in [0.25, 0.3) is 16.7 Å². The van der Waals surface area contributed by atoms with Gasteiger partial charge in [-0.25, -0.2) is 0 Å². The van der Waals surface area contributed by atoms with Crippen molar-refractivity contribution in [2.75, 3.05) is 13.7 Å². The van der Waals surface area contributed by atoms with Gasteiger partial charge in [0, 0.05) is 29.2 Å². The SMILES string of the molecule is CCCCc1ccc(C2/C(=C(\O)c3ccc(OC)cc3)C(=O)C(=O)N2CCc2c[nH]c3ccccc23)cc1. The van der Waals surface area contributed by atoms with E-state index in [0.717, 1.165) is 41.3 Å². The third kappa shape index (κ3) is 4.82. The maximum atomic E-state index is 13.4. The van der Waals surface area contributed by atoms with E-state index in [1.165, 1.54) is 5.56 Å². The number of para-hydroxylation sites is 1. The molecule has 6 nitrogen and oxygen atoms in total. The van der Waals surface area contributed by atoms with E-state index < -0.39 is 17.7 Å². The van der Waals surface area contributed by atoms with E-state index in [1.807, 2.05) is 42.6 Å². The minimum atomic E-state index is -0.678. The molecule has 1 aromatic heterocycles. The molecule has 1 fully saturated rings. The van der Waals surface area contributed by atoms with Crippen molar-refractivity contribution in [1.29, 1.82) is 0 Å². The molecule has 6 heteroatoms. The monoisotopic (exact) mass is 508 g/mol. The molecule has 1 atom stereocenters. The first-order chi connectivity index (χ1) is 18.5. The minimum absolute atomic E-state index is 0.111. The van der Waals surface area contributed by atoms with E-state index in [1.54, 1.807) is 36.3 Å². The highest BCUT2D eigenvalue weighted by Crippen LogP contribution is 2.40. The van der Waals surface area contributed by atoms with Crippen molar-refractivity contribution in [1.82, 2.24) is 9.88 Å². The number of ketones is 1. The number of H-pyrrole nitrogens is 1. The van der Waals surface area contributed by atoms with Crippen molar-refractivity contribution in [3.8, 4) is 5.75 Å². The second-order valence-corrected chi connectivity index (χ2v) is 9.68. The Hall–Kier alpha value is -4.32. The second kappa shape index (κ2) is 11.0. The number of aryl methyl sites for hydroxylation is 1. The van der Waals surface area contributed by atoms with Crippen LogP contribution in [0.3, 0.4) is 0 Å². The summed E-state index contributed by atoms with van der Waals surface area (Å²) in [6, 6.07) is 22.2. The molecule has 2 N–H and O–H groups in total. The number of aromatic nitrogens is 1. The summed E-state index contributed by atoms with van der Waals surface area (Å²) < 4.78 is 5.23. The van der Waals surface area contributed by atoms with Crippen LogP contribution < -0.4 is 4.74 Å². The standard InChI is InChI=1S/C32H32N2O4/c1-3-4-7-21-10-12-22(13-11-21)29-28(30(35)23-14-16-25(38-2)17-15-23)31(36)32(37)34(29)19-18-24-20-33-27-9-6-5-8-26(24)27/h5-6,8-17,20,29,33,35H,3-4,7,18-19H2,1-2H3/b30-28+. The maximum Gasteiger partial charge on any atom is 0.295 e. The number of ether oxygens (including phenoxy) is 1. The van der Waals surface area contributed by atoms with E-state index in [0.29, 0.717) is 24.3 Å². The van der Waals surface area contributed by atoms with Gasteiger partial charge in [0.05, 0.1) is 18.7 Å². The summed E-state index contributed by atoms with van der Waals surface area (Å²) in [6.45, 7) is 2.50. The summed E-state index contributed by atoms with van der Waals surface area (Å²) in [7, 11) is 1.57. The van der Waals surface area contributed by atoms with Gasteiger partial charge in [-0.1, -0.05) is 55.8 Å². The van der Waals surface area contributed by atoms with Gasteiger partial charge in [0.1, 0.15) is 11.5 Å². The van der Waals surface area contributed by atoms with Crippen LogP contribution in [0.4, 0.5) is 0 Å². The number of benzene rings is 3. The van der Waals surface area contributed by atoms with Gasteiger partial charge in [-0.05, 0) is 66.3 Å². The number of likely N-dealkylation sites (tertiary alicyclic amines) is 1. The van der Waals surface area contributed by atoms with E-state index in [2.05, 4.69) is 24.0 Å². The Morgan fingerprint density at radius 1 is 0.974 bits per heavy atom. The Balaban J connectivity index is 1.53. The van der Waals surface area contributed by atoms with Gasteiger partial charge in [0.15, 0.2) is 0 Å². The Morgan fingerprint density at radius 2 is 1.71 bits per heavy atom. The number of nitrogens with one attached hydrogen (secondary N) is 1. The third-order valence-electron chi connectivity index (χ3n) is 7.31. The molecule has 0 aliphatic carbocycles. The lowest BCUT2D eigenvalue weighted by Gasteiger charge is -2.25. The molecular weight excluding hydrogens is 476 g/mol. The number of nitrogens with zero attached hydrogens (tertiary/aromatic N) is 1. The lowest BCUT2D eigenvalue weighted by Crippen LogP contribution is -2.31. The van der Waals surface area contributed by atoms with Crippen molar-refractivity contribution < 1.29 is 19.4 Å². The number of hydrogen-bond donors (Lipinski definition) is 2. The van der Waals surface area contributed by atoms with Crippen LogP contribution in [-0.2, 0) is 22.4 Å². The van der Waals surface area contributed by atoms with Gasteiger partial charge < -0.3 is 19.7 Å². The molecule has 1 aliphatic rings. The highest BCUT2D eigenvalue weighted by molar-refractivity contribution is 6.46. The van der Waals surface area contributed by atoms with Crippen LogP contribution >= 0.6 is 0 Å². The first kappa shape index (κ1) is 25.3. The number of carbonyl (C=O) groups is 2. The summed E-state index contributed by atoms with van der Waals surface area (Å²) in [6.07, 6.45) is 5.71. The molecule has 1 aliphatic heterocycles. The van der Waals surface area contributed by atoms with E-state index in [4.69, 9.17) is 4.74 Å². The van der Waals surface area contributed by atoms with Crippen LogP contribution in [0.15, 0.2) is 84.6 Å². The second-order valence-electron chi connectivity index (χ2n) is 9.68. The Kier molecular flexibility index (Phi) is 7.31. The Bertz CT molecular complexity index is 1480. The zero-order valence-corrected chi connectivity index (χ0v) is 21.7. The number of aliphatic hydroxyl groups is 1. The zero-order chi connectivity index (χ0) is 26.6. The van der Waals surface area contributed by atoms with Crippen molar-refractivity contribution >= 4 is 28.4 Å². The Morgan fingerprint density at radius 3 is 2.42 bits per heavy atom. The summed E-state index contributed by atoms with van der Waals surface area (Å²) in [5.41, 5.74) is 4.69. The van der Waals surface area contributed by atoms with Gasteiger partial charge in [0.2, 0.25) is 0 Å². The predicted octanol–water partition coefficient (Wildman–Crippen LogP) is 6.18. The molecule has 3 aromatic carbocycles. The van der Waals surface area contributed by atoms with Crippen LogP contribution in [0.1, 0.15) is 48.1 Å². The number of unbranched alkanes of at least 4 members (excludes halogenated alkanes) is 1. The smallest absolute Gasteiger partial charge is 0.295 e. The molecule has 2 heterocycles. The number of aromatic amines is 1. The highest BCUT2D eigenvalue weighted by Gasteiger charge is 2.45. The quantitative estimate of drug-likeness (QED) is 0.161. The van der Waals surface area contributed by atoms with Crippen molar-refractivity contribution in [3.63, 3.8) is 0 Å². The van der Waals surface area contributed by atoms with E-state index >= 15 is 0 Å². The number of methoxy groups -OCH3 is 1. The van der Waals surface area contributed by atoms with Gasteiger partial charge in [0.25, 0.3) is 11.7 Å². The fraction of sp³-hybridized carbons (Fsp3) is 0.250. The molecule has 0 radical (unpaired) electrons. The van der Waals surface area contributed by atoms with Gasteiger partial charge in [-0.3, -0.25) is 9.59 Å². The normalized spacial score (nSPS) is 16.9. The number of carbonyl (C=O) groups excluding carboxylic acids is 2. The fourth-order valence-corrected chi connectivity index (χ4v) is 5.19. The van der Waals surface area contributed by atoms with E-state index in [9.17, 15) is 14.7 Å². The molecule has 1 unspecified atom stereocenters. The molecular formula is C32H32N2O4. The van der Waals surface area contributed by atoms with Crippen molar-refractivity contribution in [2.24, 2.45) is 0 Å². The number of aliphatic hydroxyl groups excluding tert-OH is 1. The summed E-state index contributed by atoms with van der Waals surface area (Å²) >= 11 is 0. The number of Topliss-reactive ketones (excluding diaryl/α,β-unsaturated/α-hetero) is 1. The third-order valence-corrected chi connectivity index (χ3v) is 7.31. The average molecular weight is 509 g/mol.